The van der Waals surface area contributed by atoms with Gasteiger partial charge in [-0.1, -0.05) is 15.9 Å². The molecule has 1 rings (SSSR count). The quantitative estimate of drug-likeness (QED) is 0.907. The molecule has 3 nitrogen and oxygen atoms in total. The van der Waals surface area contributed by atoms with Gasteiger partial charge in [-0.25, -0.2) is 4.39 Å². The second-order valence-electron chi connectivity index (χ2n) is 3.59. The Morgan fingerprint density at radius 3 is 2.76 bits per heavy atom. The molecule has 0 fully saturated rings. The molecule has 0 radical (unpaired) electrons. The molecule has 0 saturated carbocycles. The van der Waals surface area contributed by atoms with Crippen molar-refractivity contribution >= 4 is 21.8 Å². The summed E-state index contributed by atoms with van der Waals surface area (Å²) in [5.74, 6) is -0.877. The van der Waals surface area contributed by atoms with E-state index in [1.807, 2.05) is 6.92 Å². The van der Waals surface area contributed by atoms with Gasteiger partial charge in [0.1, 0.15) is 5.82 Å². The molecule has 0 spiro atoms. The summed E-state index contributed by atoms with van der Waals surface area (Å²) >= 11 is 3.14. The van der Waals surface area contributed by atoms with Crippen LogP contribution in [0.2, 0.25) is 0 Å². The molecule has 0 aromatic heterocycles. The van der Waals surface area contributed by atoms with Crippen LogP contribution in [-0.4, -0.2) is 35.6 Å². The predicted octanol–water partition coefficient (Wildman–Crippen LogP) is 2.43. The van der Waals surface area contributed by atoms with Gasteiger partial charge < -0.3 is 10.0 Å². The summed E-state index contributed by atoms with van der Waals surface area (Å²) in [6, 6.07) is 4.37. The zero-order chi connectivity index (χ0) is 12.8. The molecule has 0 heterocycles. The van der Waals surface area contributed by atoms with Crippen LogP contribution in [0, 0.1) is 5.82 Å². The monoisotopic (exact) mass is 303 g/mol. The van der Waals surface area contributed by atoms with Crippen LogP contribution in [-0.2, 0) is 0 Å². The Labute approximate surface area is 108 Å². The highest BCUT2D eigenvalue weighted by Crippen LogP contribution is 2.17. The van der Waals surface area contributed by atoms with E-state index in [-0.39, 0.29) is 18.1 Å². The van der Waals surface area contributed by atoms with E-state index in [1.165, 1.54) is 17.0 Å². The molecule has 1 aromatic rings. The van der Waals surface area contributed by atoms with E-state index in [4.69, 9.17) is 5.11 Å². The molecule has 0 aliphatic carbocycles. The van der Waals surface area contributed by atoms with Crippen LogP contribution in [0.4, 0.5) is 4.39 Å². The lowest BCUT2D eigenvalue weighted by Crippen LogP contribution is -2.32. The van der Waals surface area contributed by atoms with E-state index in [1.54, 1.807) is 6.07 Å². The van der Waals surface area contributed by atoms with E-state index in [0.717, 1.165) is 0 Å². The summed E-state index contributed by atoms with van der Waals surface area (Å²) in [5.41, 5.74) is 0.0630. The number of carbonyl (C=O) groups is 1. The van der Waals surface area contributed by atoms with E-state index >= 15 is 0 Å². The van der Waals surface area contributed by atoms with Crippen molar-refractivity contribution in [2.24, 2.45) is 0 Å². The van der Waals surface area contributed by atoms with Gasteiger partial charge in [-0.2, -0.15) is 0 Å². The third-order valence-electron chi connectivity index (χ3n) is 2.42. The number of hydrogen-bond acceptors (Lipinski definition) is 2. The second kappa shape index (κ2) is 6.71. The van der Waals surface area contributed by atoms with Gasteiger partial charge in [0.05, 0.1) is 5.56 Å². The fraction of sp³-hybridized carbons (Fsp3) is 0.417. The maximum absolute atomic E-state index is 13.6. The number of rotatable bonds is 5. The van der Waals surface area contributed by atoms with Gasteiger partial charge in [0.2, 0.25) is 0 Å². The molecule has 1 amide bonds. The third-order valence-corrected chi connectivity index (χ3v) is 2.91. The summed E-state index contributed by atoms with van der Waals surface area (Å²) in [6.07, 6.45) is 0.498. The number of nitrogens with zero attached hydrogens (tertiary/aromatic N) is 1. The first-order chi connectivity index (χ1) is 8.10. The van der Waals surface area contributed by atoms with Crippen molar-refractivity contribution in [3.63, 3.8) is 0 Å². The molecule has 0 aliphatic heterocycles. The minimum Gasteiger partial charge on any atom is -0.396 e. The molecule has 0 saturated heterocycles. The first kappa shape index (κ1) is 14.1. The molecule has 94 valence electrons. The van der Waals surface area contributed by atoms with Gasteiger partial charge in [0, 0.05) is 24.2 Å². The molecule has 0 unspecified atom stereocenters. The fourth-order valence-electron chi connectivity index (χ4n) is 1.50. The topological polar surface area (TPSA) is 40.5 Å². The number of carbonyl (C=O) groups excluding carboxylic acids is 1. The van der Waals surface area contributed by atoms with Crippen molar-refractivity contribution in [1.29, 1.82) is 0 Å². The Bertz CT molecular complexity index is 398. The Balaban J connectivity index is 2.86. The van der Waals surface area contributed by atoms with E-state index in [0.29, 0.717) is 24.0 Å². The maximum Gasteiger partial charge on any atom is 0.256 e. The zero-order valence-electron chi connectivity index (χ0n) is 9.62. The summed E-state index contributed by atoms with van der Waals surface area (Å²) < 4.78 is 14.2. The lowest BCUT2D eigenvalue weighted by molar-refractivity contribution is 0.0749. The lowest BCUT2D eigenvalue weighted by atomic mass is 10.2. The van der Waals surface area contributed by atoms with Gasteiger partial charge in [-0.15, -0.1) is 0 Å². The Kier molecular flexibility index (Phi) is 5.58. The molecule has 17 heavy (non-hydrogen) atoms. The summed E-state index contributed by atoms with van der Waals surface area (Å²) in [7, 11) is 0. The minimum atomic E-state index is -0.535. The van der Waals surface area contributed by atoms with Crippen molar-refractivity contribution in [2.45, 2.75) is 13.3 Å². The van der Waals surface area contributed by atoms with Crippen LogP contribution in [0.5, 0.6) is 0 Å². The first-order valence-corrected chi connectivity index (χ1v) is 6.24. The van der Waals surface area contributed by atoms with Crippen LogP contribution in [0.15, 0.2) is 22.7 Å². The molecule has 0 atom stereocenters. The van der Waals surface area contributed by atoms with Crippen LogP contribution >= 0.6 is 15.9 Å². The van der Waals surface area contributed by atoms with Gasteiger partial charge in [-0.3, -0.25) is 4.79 Å². The zero-order valence-corrected chi connectivity index (χ0v) is 11.2. The Hall–Kier alpha value is -0.940. The number of aliphatic hydroxyl groups excluding tert-OH is 1. The van der Waals surface area contributed by atoms with E-state index in [2.05, 4.69) is 15.9 Å². The number of hydrogen-bond donors (Lipinski definition) is 1. The van der Waals surface area contributed by atoms with Crippen LogP contribution in [0.1, 0.15) is 23.7 Å². The molecule has 1 aromatic carbocycles. The maximum atomic E-state index is 13.6. The lowest BCUT2D eigenvalue weighted by Gasteiger charge is -2.20. The Morgan fingerprint density at radius 2 is 2.24 bits per heavy atom. The van der Waals surface area contributed by atoms with Crippen molar-refractivity contribution in [3.05, 3.63) is 34.1 Å². The molecule has 0 bridgehead atoms. The summed E-state index contributed by atoms with van der Waals surface area (Å²) in [5, 5.41) is 8.74. The van der Waals surface area contributed by atoms with Gasteiger partial charge in [0.15, 0.2) is 0 Å². The fourth-order valence-corrected chi connectivity index (χ4v) is 1.83. The van der Waals surface area contributed by atoms with E-state index < -0.39 is 5.82 Å². The first-order valence-electron chi connectivity index (χ1n) is 5.45. The highest BCUT2D eigenvalue weighted by Gasteiger charge is 2.17. The average molecular weight is 304 g/mol. The van der Waals surface area contributed by atoms with Crippen LogP contribution < -0.4 is 0 Å². The smallest absolute Gasteiger partial charge is 0.256 e. The van der Waals surface area contributed by atoms with Gasteiger partial charge in [0.25, 0.3) is 5.91 Å². The molecular weight excluding hydrogens is 289 g/mol. The molecule has 1 N–H and O–H groups in total. The number of amides is 1. The van der Waals surface area contributed by atoms with Crippen molar-refractivity contribution in [3.8, 4) is 0 Å². The molecule has 0 aliphatic rings. The largest absolute Gasteiger partial charge is 0.396 e. The standard InChI is InChI=1S/C12H15BrFNO2/c1-2-15(6-3-7-16)12(17)10-5-4-9(13)8-11(10)14/h4-5,8,16H,2-3,6-7H2,1H3. The number of aliphatic hydroxyl groups is 1. The summed E-state index contributed by atoms with van der Waals surface area (Å²) in [4.78, 5) is 13.5. The minimum absolute atomic E-state index is 0.0204. The van der Waals surface area contributed by atoms with Gasteiger partial charge in [-0.05, 0) is 31.5 Å². The average Bonchev–Trinajstić information content (AvgIpc) is 2.29. The van der Waals surface area contributed by atoms with E-state index in [9.17, 15) is 9.18 Å². The number of benzene rings is 1. The van der Waals surface area contributed by atoms with Crippen molar-refractivity contribution in [2.75, 3.05) is 19.7 Å². The Morgan fingerprint density at radius 1 is 1.53 bits per heavy atom. The van der Waals surface area contributed by atoms with Crippen molar-refractivity contribution < 1.29 is 14.3 Å². The predicted molar refractivity (Wildman–Crippen MR) is 67.4 cm³/mol. The van der Waals surface area contributed by atoms with Crippen LogP contribution in [0.3, 0.4) is 0 Å². The normalized spacial score (nSPS) is 10.4. The van der Waals surface area contributed by atoms with Gasteiger partial charge >= 0.3 is 0 Å². The molecule has 5 heteroatoms. The highest BCUT2D eigenvalue weighted by molar-refractivity contribution is 9.10. The molecular formula is C12H15BrFNO2. The number of halogens is 2. The highest BCUT2D eigenvalue weighted by atomic mass is 79.9. The van der Waals surface area contributed by atoms with Crippen LogP contribution in [0.25, 0.3) is 0 Å². The summed E-state index contributed by atoms with van der Waals surface area (Å²) in [6.45, 7) is 2.77. The third kappa shape index (κ3) is 3.78. The SMILES string of the molecule is CCN(CCCO)C(=O)c1ccc(Br)cc1F. The van der Waals surface area contributed by atoms with Crippen molar-refractivity contribution in [1.82, 2.24) is 4.90 Å². The second-order valence-corrected chi connectivity index (χ2v) is 4.50.